The number of esters is 1. The first kappa shape index (κ1) is 25.1. The zero-order valence-corrected chi connectivity index (χ0v) is 21.2. The Labute approximate surface area is 214 Å². The Morgan fingerprint density at radius 1 is 1.06 bits per heavy atom. The molecule has 0 unspecified atom stereocenters. The fourth-order valence-electron chi connectivity index (χ4n) is 3.55. The summed E-state index contributed by atoms with van der Waals surface area (Å²) in [6, 6.07) is 20.5. The molecule has 4 rings (SSSR count). The van der Waals surface area contributed by atoms with Crippen LogP contribution in [0.2, 0.25) is 0 Å². The van der Waals surface area contributed by atoms with Gasteiger partial charge in [-0.15, -0.1) is 0 Å². The van der Waals surface area contributed by atoms with Crippen LogP contribution in [0.3, 0.4) is 0 Å². The van der Waals surface area contributed by atoms with Crippen LogP contribution < -0.4 is 19.5 Å². The molecular weight excluding hydrogens is 476 g/mol. The lowest BCUT2D eigenvalue weighted by Crippen LogP contribution is -2.19. The van der Waals surface area contributed by atoms with Crippen LogP contribution in [0.15, 0.2) is 76.6 Å². The van der Waals surface area contributed by atoms with Crippen LogP contribution in [0.5, 0.6) is 17.2 Å². The molecule has 1 aliphatic rings. The average Bonchev–Trinajstić information content (AvgIpc) is 3.19. The van der Waals surface area contributed by atoms with Crippen molar-refractivity contribution in [3.05, 3.63) is 77.2 Å². The molecule has 1 amide bonds. The zero-order chi connectivity index (χ0) is 25.7. The zero-order valence-electron chi connectivity index (χ0n) is 20.4. The summed E-state index contributed by atoms with van der Waals surface area (Å²) >= 11 is 1.25. The van der Waals surface area contributed by atoms with Gasteiger partial charge in [0.25, 0.3) is 5.91 Å². The van der Waals surface area contributed by atoms with Crippen molar-refractivity contribution in [3.8, 4) is 28.4 Å². The molecular formula is C28H26N2O5S. The lowest BCUT2D eigenvalue weighted by Gasteiger charge is -2.19. The van der Waals surface area contributed by atoms with E-state index in [1.165, 1.54) is 18.7 Å². The van der Waals surface area contributed by atoms with Crippen molar-refractivity contribution in [2.24, 2.45) is 4.99 Å². The van der Waals surface area contributed by atoms with Gasteiger partial charge in [0.1, 0.15) is 5.75 Å². The molecule has 0 spiro atoms. The SMILES string of the molecule is COc1cc(/C=C2/SC(=Nc3ccc(OC(C)=O)cc3)NC2=O)cc(-c2ccccc2)c1OC(C)C. The number of rotatable bonds is 7. The first-order valence-corrected chi connectivity index (χ1v) is 12.2. The largest absolute Gasteiger partial charge is 0.493 e. The highest BCUT2D eigenvalue weighted by Gasteiger charge is 2.24. The van der Waals surface area contributed by atoms with Gasteiger partial charge in [-0.05, 0) is 79.2 Å². The number of benzene rings is 3. The molecule has 0 atom stereocenters. The predicted molar refractivity (Wildman–Crippen MR) is 143 cm³/mol. The van der Waals surface area contributed by atoms with Gasteiger partial charge in [-0.25, -0.2) is 4.99 Å². The summed E-state index contributed by atoms with van der Waals surface area (Å²) in [5.74, 6) is 1.05. The molecule has 0 aliphatic carbocycles. The topological polar surface area (TPSA) is 86.2 Å². The Hall–Kier alpha value is -4.04. The summed E-state index contributed by atoms with van der Waals surface area (Å²) < 4.78 is 16.8. The highest BCUT2D eigenvalue weighted by atomic mass is 32.2. The normalized spacial score (nSPS) is 15.3. The van der Waals surface area contributed by atoms with Crippen molar-refractivity contribution in [3.63, 3.8) is 0 Å². The second-order valence-electron chi connectivity index (χ2n) is 8.20. The third-order valence-corrected chi connectivity index (χ3v) is 5.92. The molecule has 3 aromatic rings. The third kappa shape index (κ3) is 6.14. The van der Waals surface area contributed by atoms with Crippen LogP contribution in [0, 0.1) is 0 Å². The minimum Gasteiger partial charge on any atom is -0.493 e. The monoisotopic (exact) mass is 502 g/mol. The number of carbonyl (C=O) groups is 2. The first-order chi connectivity index (χ1) is 17.3. The minimum atomic E-state index is -0.390. The van der Waals surface area contributed by atoms with E-state index in [4.69, 9.17) is 14.2 Å². The molecule has 1 N–H and O–H groups in total. The molecule has 0 radical (unpaired) electrons. The van der Waals surface area contributed by atoms with Crippen LogP contribution in [-0.4, -0.2) is 30.3 Å². The number of amides is 1. The van der Waals surface area contributed by atoms with E-state index in [1.807, 2.05) is 56.3 Å². The second-order valence-corrected chi connectivity index (χ2v) is 9.23. The van der Waals surface area contributed by atoms with Crippen molar-refractivity contribution in [2.45, 2.75) is 26.9 Å². The van der Waals surface area contributed by atoms with Crippen molar-refractivity contribution < 1.29 is 23.8 Å². The minimum absolute atomic E-state index is 0.0383. The lowest BCUT2D eigenvalue weighted by atomic mass is 10.0. The van der Waals surface area contributed by atoms with Crippen LogP contribution in [0.25, 0.3) is 17.2 Å². The van der Waals surface area contributed by atoms with E-state index in [-0.39, 0.29) is 12.0 Å². The van der Waals surface area contributed by atoms with Crippen LogP contribution in [-0.2, 0) is 9.59 Å². The summed E-state index contributed by atoms with van der Waals surface area (Å²) in [6.07, 6.45) is 1.77. The van der Waals surface area contributed by atoms with Gasteiger partial charge in [0.2, 0.25) is 0 Å². The molecule has 1 saturated heterocycles. The van der Waals surface area contributed by atoms with Gasteiger partial charge in [0, 0.05) is 12.5 Å². The molecule has 0 aromatic heterocycles. The van der Waals surface area contributed by atoms with E-state index in [0.717, 1.165) is 16.7 Å². The molecule has 3 aromatic carbocycles. The molecule has 8 heteroatoms. The van der Waals surface area contributed by atoms with E-state index in [1.54, 1.807) is 37.5 Å². The maximum Gasteiger partial charge on any atom is 0.308 e. The van der Waals surface area contributed by atoms with Crippen LogP contribution in [0.1, 0.15) is 26.3 Å². The van der Waals surface area contributed by atoms with Gasteiger partial charge in [0.15, 0.2) is 16.7 Å². The molecule has 7 nitrogen and oxygen atoms in total. The molecule has 0 saturated carbocycles. The highest BCUT2D eigenvalue weighted by molar-refractivity contribution is 8.18. The number of aliphatic imine (C=N–C) groups is 1. The van der Waals surface area contributed by atoms with Gasteiger partial charge < -0.3 is 19.5 Å². The van der Waals surface area contributed by atoms with Crippen molar-refractivity contribution in [2.75, 3.05) is 7.11 Å². The van der Waals surface area contributed by atoms with Gasteiger partial charge in [-0.1, -0.05) is 30.3 Å². The van der Waals surface area contributed by atoms with Crippen LogP contribution in [0.4, 0.5) is 5.69 Å². The average molecular weight is 503 g/mol. The number of nitrogens with zero attached hydrogens (tertiary/aromatic N) is 1. The number of carbonyl (C=O) groups excluding carboxylic acids is 2. The predicted octanol–water partition coefficient (Wildman–Crippen LogP) is 5.97. The van der Waals surface area contributed by atoms with Gasteiger partial charge >= 0.3 is 5.97 Å². The van der Waals surface area contributed by atoms with E-state index in [0.29, 0.717) is 33.0 Å². The maximum absolute atomic E-state index is 12.7. The molecule has 36 heavy (non-hydrogen) atoms. The van der Waals surface area contributed by atoms with E-state index in [2.05, 4.69) is 10.3 Å². The number of ether oxygens (including phenoxy) is 3. The number of hydrogen-bond acceptors (Lipinski definition) is 7. The van der Waals surface area contributed by atoms with Crippen LogP contribution >= 0.6 is 11.8 Å². The molecule has 1 fully saturated rings. The number of thioether (sulfide) groups is 1. The van der Waals surface area contributed by atoms with Crippen molar-refractivity contribution in [1.29, 1.82) is 0 Å². The van der Waals surface area contributed by atoms with Crippen molar-refractivity contribution in [1.82, 2.24) is 5.32 Å². The first-order valence-electron chi connectivity index (χ1n) is 11.3. The summed E-state index contributed by atoms with van der Waals surface area (Å²) in [6.45, 7) is 5.28. The number of hydrogen-bond donors (Lipinski definition) is 1. The van der Waals surface area contributed by atoms with E-state index < -0.39 is 5.97 Å². The fourth-order valence-corrected chi connectivity index (χ4v) is 4.39. The van der Waals surface area contributed by atoms with Crippen molar-refractivity contribution >= 4 is 40.6 Å². The Morgan fingerprint density at radius 3 is 2.42 bits per heavy atom. The summed E-state index contributed by atoms with van der Waals surface area (Å²) in [4.78, 5) is 28.8. The second kappa shape index (κ2) is 11.1. The number of methoxy groups -OCH3 is 1. The molecule has 1 heterocycles. The Bertz CT molecular complexity index is 1330. The Morgan fingerprint density at radius 2 is 1.78 bits per heavy atom. The summed E-state index contributed by atoms with van der Waals surface area (Å²) in [5.41, 5.74) is 3.28. The van der Waals surface area contributed by atoms with E-state index >= 15 is 0 Å². The Balaban J connectivity index is 1.64. The summed E-state index contributed by atoms with van der Waals surface area (Å²) in [5, 5.41) is 3.26. The lowest BCUT2D eigenvalue weighted by molar-refractivity contribution is -0.131. The smallest absolute Gasteiger partial charge is 0.308 e. The fraction of sp³-hybridized carbons (Fsp3) is 0.179. The highest BCUT2D eigenvalue weighted by Crippen LogP contribution is 2.41. The quantitative estimate of drug-likeness (QED) is 0.244. The Kier molecular flexibility index (Phi) is 7.75. The van der Waals surface area contributed by atoms with Gasteiger partial charge in [-0.3, -0.25) is 9.59 Å². The summed E-state index contributed by atoms with van der Waals surface area (Å²) in [7, 11) is 1.60. The molecule has 1 aliphatic heterocycles. The number of nitrogens with one attached hydrogen (secondary N) is 1. The van der Waals surface area contributed by atoms with Gasteiger partial charge in [0.05, 0.1) is 23.8 Å². The standard InChI is InChI=1S/C28H26N2O5S/c1-17(2)34-26-23(20-8-6-5-7-9-20)14-19(15-24(26)33-4)16-25-27(32)30-28(36-25)29-21-10-12-22(13-11-21)35-18(3)31/h5-17H,1-4H3,(H,29,30,32)/b25-16+. The third-order valence-electron chi connectivity index (χ3n) is 5.01. The molecule has 184 valence electrons. The number of amidine groups is 1. The molecule has 0 bridgehead atoms. The van der Waals surface area contributed by atoms with Gasteiger partial charge in [-0.2, -0.15) is 0 Å². The maximum atomic E-state index is 12.7. The van der Waals surface area contributed by atoms with E-state index in [9.17, 15) is 9.59 Å².